The predicted octanol–water partition coefficient (Wildman–Crippen LogP) is 0.182. The third-order valence-electron chi connectivity index (χ3n) is 1.40. The number of aryl methyl sites for hydroxylation is 1. The maximum atomic E-state index is 10.5. The molecule has 0 spiro atoms. The van der Waals surface area contributed by atoms with Crippen molar-refractivity contribution in [2.24, 2.45) is 5.73 Å². The van der Waals surface area contributed by atoms with Crippen molar-refractivity contribution < 1.29 is 14.3 Å². The van der Waals surface area contributed by atoms with Crippen LogP contribution in [0.5, 0.6) is 0 Å². The lowest BCUT2D eigenvalue weighted by molar-refractivity contribution is 0.0689. The molecule has 5 heteroatoms. The maximum absolute atomic E-state index is 10.5. The zero-order chi connectivity index (χ0) is 9.14. The van der Waals surface area contributed by atoms with E-state index in [1.165, 1.54) is 0 Å². The number of oxazole rings is 1. The smallest absolute Gasteiger partial charge is 0.358 e. The molecule has 0 saturated carbocycles. The van der Waals surface area contributed by atoms with Crippen molar-refractivity contribution >= 4 is 5.97 Å². The van der Waals surface area contributed by atoms with Gasteiger partial charge < -0.3 is 15.3 Å². The molecule has 3 N–H and O–H groups in total. The van der Waals surface area contributed by atoms with E-state index in [2.05, 4.69) is 4.98 Å². The molecular formula is C7H10N2O3. The van der Waals surface area contributed by atoms with Gasteiger partial charge >= 0.3 is 5.97 Å². The number of carboxylic acids is 1. The summed E-state index contributed by atoms with van der Waals surface area (Å²) in [5.74, 6) is -0.363. The van der Waals surface area contributed by atoms with Gasteiger partial charge in [-0.3, -0.25) is 0 Å². The van der Waals surface area contributed by atoms with Crippen molar-refractivity contribution in [3.63, 3.8) is 0 Å². The van der Waals surface area contributed by atoms with Crippen molar-refractivity contribution in [3.05, 3.63) is 17.3 Å². The Morgan fingerprint density at radius 1 is 1.75 bits per heavy atom. The van der Waals surface area contributed by atoms with Crippen molar-refractivity contribution in [1.29, 1.82) is 0 Å². The maximum Gasteiger partial charge on any atom is 0.358 e. The van der Waals surface area contributed by atoms with E-state index in [1.807, 2.05) is 0 Å². The molecule has 0 radical (unpaired) electrons. The molecule has 0 aliphatic heterocycles. The van der Waals surface area contributed by atoms with Gasteiger partial charge in [0.15, 0.2) is 11.6 Å². The second-order valence-electron chi connectivity index (χ2n) is 2.36. The zero-order valence-corrected chi connectivity index (χ0v) is 6.70. The average molecular weight is 170 g/mol. The van der Waals surface area contributed by atoms with E-state index in [4.69, 9.17) is 15.3 Å². The Kier molecular flexibility index (Phi) is 2.44. The number of nitrogens with zero attached hydrogens (tertiary/aromatic N) is 1. The van der Waals surface area contributed by atoms with Crippen LogP contribution < -0.4 is 5.73 Å². The Labute approximate surface area is 69.2 Å². The minimum atomic E-state index is -1.07. The second kappa shape index (κ2) is 3.36. The van der Waals surface area contributed by atoms with Gasteiger partial charge in [-0.25, -0.2) is 9.78 Å². The Hall–Kier alpha value is -1.36. The summed E-state index contributed by atoms with van der Waals surface area (Å²) in [5.41, 5.74) is 5.22. The van der Waals surface area contributed by atoms with Crippen molar-refractivity contribution in [2.45, 2.75) is 13.3 Å². The minimum Gasteiger partial charge on any atom is -0.476 e. The molecular weight excluding hydrogens is 160 g/mol. The van der Waals surface area contributed by atoms with Crippen LogP contribution in [0.25, 0.3) is 0 Å². The van der Waals surface area contributed by atoms with Gasteiger partial charge in [0.25, 0.3) is 0 Å². The molecule has 0 saturated heterocycles. The van der Waals surface area contributed by atoms with E-state index in [9.17, 15) is 4.79 Å². The van der Waals surface area contributed by atoms with Crippen LogP contribution in [-0.2, 0) is 6.42 Å². The molecule has 0 atom stereocenters. The summed E-state index contributed by atoms with van der Waals surface area (Å²) >= 11 is 0. The molecule has 1 heterocycles. The lowest BCUT2D eigenvalue weighted by Gasteiger charge is -1.85. The van der Waals surface area contributed by atoms with Crippen LogP contribution in [0, 0.1) is 6.92 Å². The molecule has 1 rings (SSSR count). The number of hydrogen-bond donors (Lipinski definition) is 2. The van der Waals surface area contributed by atoms with Gasteiger partial charge in [-0.2, -0.15) is 0 Å². The fourth-order valence-corrected chi connectivity index (χ4v) is 0.880. The molecule has 0 amide bonds. The van der Waals surface area contributed by atoms with Crippen molar-refractivity contribution in [3.8, 4) is 0 Å². The fourth-order valence-electron chi connectivity index (χ4n) is 0.880. The first-order chi connectivity index (χ1) is 5.65. The number of hydrogen-bond acceptors (Lipinski definition) is 4. The van der Waals surface area contributed by atoms with Crippen LogP contribution in [0.3, 0.4) is 0 Å². The van der Waals surface area contributed by atoms with E-state index in [1.54, 1.807) is 6.92 Å². The second-order valence-corrected chi connectivity index (χ2v) is 2.36. The van der Waals surface area contributed by atoms with E-state index in [-0.39, 0.29) is 5.69 Å². The summed E-state index contributed by atoms with van der Waals surface area (Å²) in [6.07, 6.45) is 0.466. The fraction of sp³-hybridized carbons (Fsp3) is 0.429. The summed E-state index contributed by atoms with van der Waals surface area (Å²) in [7, 11) is 0. The number of rotatable bonds is 3. The summed E-state index contributed by atoms with van der Waals surface area (Å²) in [6.45, 7) is 1.97. The Morgan fingerprint density at radius 3 is 2.83 bits per heavy atom. The topological polar surface area (TPSA) is 89.4 Å². The zero-order valence-electron chi connectivity index (χ0n) is 6.70. The normalized spacial score (nSPS) is 10.2. The number of nitrogens with two attached hydrogens (primary N) is 1. The van der Waals surface area contributed by atoms with Crippen LogP contribution in [0.4, 0.5) is 0 Å². The highest BCUT2D eigenvalue weighted by atomic mass is 16.4. The quantitative estimate of drug-likeness (QED) is 0.675. The average Bonchev–Trinajstić information content (AvgIpc) is 2.32. The Balaban J connectivity index is 2.92. The monoisotopic (exact) mass is 170 g/mol. The number of aromatic nitrogens is 1. The SMILES string of the molecule is Cc1oc(CCN)nc1C(=O)O. The molecule has 0 bridgehead atoms. The molecule has 1 aromatic rings. The first-order valence-corrected chi connectivity index (χ1v) is 3.54. The molecule has 0 aromatic carbocycles. The van der Waals surface area contributed by atoms with Gasteiger partial charge in [0.2, 0.25) is 0 Å². The lowest BCUT2D eigenvalue weighted by atomic mass is 10.4. The highest BCUT2D eigenvalue weighted by Gasteiger charge is 2.14. The largest absolute Gasteiger partial charge is 0.476 e. The van der Waals surface area contributed by atoms with E-state index < -0.39 is 5.97 Å². The third kappa shape index (κ3) is 1.62. The predicted molar refractivity (Wildman–Crippen MR) is 41.0 cm³/mol. The molecule has 0 unspecified atom stereocenters. The first-order valence-electron chi connectivity index (χ1n) is 3.54. The van der Waals surface area contributed by atoms with Crippen LogP contribution in [-0.4, -0.2) is 22.6 Å². The van der Waals surface area contributed by atoms with E-state index in [0.717, 1.165) is 0 Å². The van der Waals surface area contributed by atoms with E-state index >= 15 is 0 Å². The van der Waals surface area contributed by atoms with Crippen molar-refractivity contribution in [1.82, 2.24) is 4.98 Å². The minimum absolute atomic E-state index is 0.0292. The van der Waals surface area contributed by atoms with Gasteiger partial charge in [0.05, 0.1) is 0 Å². The van der Waals surface area contributed by atoms with Gasteiger partial charge in [0.1, 0.15) is 5.76 Å². The highest BCUT2D eigenvalue weighted by Crippen LogP contribution is 2.09. The number of carbonyl (C=O) groups is 1. The summed E-state index contributed by atoms with van der Waals surface area (Å²) in [6, 6.07) is 0. The van der Waals surface area contributed by atoms with Gasteiger partial charge in [-0.05, 0) is 6.92 Å². The molecule has 5 nitrogen and oxygen atoms in total. The summed E-state index contributed by atoms with van der Waals surface area (Å²) in [5, 5.41) is 8.59. The highest BCUT2D eigenvalue weighted by molar-refractivity contribution is 5.86. The molecule has 0 aliphatic carbocycles. The summed E-state index contributed by atoms with van der Waals surface area (Å²) < 4.78 is 5.04. The number of carboxylic acid groups (broad SMARTS) is 1. The molecule has 0 fully saturated rings. The van der Waals surface area contributed by atoms with Crippen LogP contribution in [0.15, 0.2) is 4.42 Å². The Bertz CT molecular complexity index is 293. The Morgan fingerprint density at radius 2 is 2.42 bits per heavy atom. The standard InChI is InChI=1S/C7H10N2O3/c1-4-6(7(10)11)9-5(12-4)2-3-8/h2-3,8H2,1H3,(H,10,11). The van der Waals surface area contributed by atoms with Gasteiger partial charge in [-0.15, -0.1) is 0 Å². The lowest BCUT2D eigenvalue weighted by Crippen LogP contribution is -2.04. The van der Waals surface area contributed by atoms with Crippen molar-refractivity contribution in [2.75, 3.05) is 6.54 Å². The van der Waals surface area contributed by atoms with E-state index in [0.29, 0.717) is 24.6 Å². The van der Waals surface area contributed by atoms with Gasteiger partial charge in [0, 0.05) is 13.0 Å². The summed E-state index contributed by atoms with van der Waals surface area (Å²) in [4.78, 5) is 14.2. The molecule has 12 heavy (non-hydrogen) atoms. The first kappa shape index (κ1) is 8.73. The van der Waals surface area contributed by atoms with Gasteiger partial charge in [-0.1, -0.05) is 0 Å². The van der Waals surface area contributed by atoms with Crippen LogP contribution in [0.1, 0.15) is 22.1 Å². The van der Waals surface area contributed by atoms with Crippen LogP contribution >= 0.6 is 0 Å². The molecule has 0 aliphatic rings. The molecule has 66 valence electrons. The molecule has 1 aromatic heterocycles. The third-order valence-corrected chi connectivity index (χ3v) is 1.40. The number of aromatic carboxylic acids is 1. The van der Waals surface area contributed by atoms with Crippen LogP contribution in [0.2, 0.25) is 0 Å².